The van der Waals surface area contributed by atoms with Gasteiger partial charge in [-0.3, -0.25) is 4.79 Å². The number of aliphatic hydroxyl groups is 1. The molecule has 1 aliphatic rings. The molecule has 20 heavy (non-hydrogen) atoms. The van der Waals surface area contributed by atoms with E-state index in [1.807, 2.05) is 25.1 Å². The van der Waals surface area contributed by atoms with Gasteiger partial charge in [0, 0.05) is 17.6 Å². The van der Waals surface area contributed by atoms with E-state index < -0.39 is 0 Å². The van der Waals surface area contributed by atoms with Gasteiger partial charge in [-0.25, -0.2) is 0 Å². The summed E-state index contributed by atoms with van der Waals surface area (Å²) in [6.45, 7) is 2.89. The van der Waals surface area contributed by atoms with Crippen LogP contribution in [0, 0.1) is 18.8 Å². The molecule has 0 heterocycles. The molecule has 2 atom stereocenters. The Morgan fingerprint density at radius 3 is 2.70 bits per heavy atom. The summed E-state index contributed by atoms with van der Waals surface area (Å²) in [5.74, 6) is 0.701. The number of halogens is 1. The van der Waals surface area contributed by atoms with Gasteiger partial charge in [-0.15, -0.1) is 0 Å². The zero-order chi connectivity index (χ0) is 14.5. The largest absolute Gasteiger partial charge is 0.396 e. The molecule has 0 spiro atoms. The molecule has 1 saturated carbocycles. The van der Waals surface area contributed by atoms with Gasteiger partial charge in [-0.1, -0.05) is 18.9 Å². The highest BCUT2D eigenvalue weighted by atomic mass is 79.9. The molecule has 0 aromatic heterocycles. The summed E-state index contributed by atoms with van der Waals surface area (Å²) >= 11 is 3.44. The lowest BCUT2D eigenvalue weighted by molar-refractivity contribution is 0.0908. The molecule has 2 rings (SSSR count). The quantitative estimate of drug-likeness (QED) is 0.884. The van der Waals surface area contributed by atoms with Crippen LogP contribution in [-0.4, -0.2) is 24.2 Å². The van der Waals surface area contributed by atoms with Crippen molar-refractivity contribution in [3.63, 3.8) is 0 Å². The molecular weight excluding hydrogens is 318 g/mol. The van der Waals surface area contributed by atoms with Crippen LogP contribution in [-0.2, 0) is 0 Å². The number of benzene rings is 1. The van der Waals surface area contributed by atoms with Crippen molar-refractivity contribution in [2.45, 2.75) is 32.6 Å². The Hall–Kier alpha value is -0.870. The molecule has 0 saturated heterocycles. The third kappa shape index (κ3) is 3.83. The number of nitrogens with one attached hydrogen (secondary N) is 1. The fourth-order valence-corrected chi connectivity index (χ4v) is 3.59. The Kier molecular flexibility index (Phi) is 5.61. The molecule has 1 amide bonds. The van der Waals surface area contributed by atoms with Gasteiger partial charge >= 0.3 is 0 Å². The highest BCUT2D eigenvalue weighted by Gasteiger charge is 2.25. The van der Waals surface area contributed by atoms with Gasteiger partial charge in [-0.2, -0.15) is 0 Å². The van der Waals surface area contributed by atoms with Gasteiger partial charge in [0.25, 0.3) is 5.91 Å². The molecule has 3 nitrogen and oxygen atoms in total. The van der Waals surface area contributed by atoms with Gasteiger partial charge < -0.3 is 10.4 Å². The zero-order valence-electron chi connectivity index (χ0n) is 11.9. The summed E-state index contributed by atoms with van der Waals surface area (Å²) in [5, 5.41) is 12.4. The fourth-order valence-electron chi connectivity index (χ4n) is 2.92. The summed E-state index contributed by atoms with van der Waals surface area (Å²) in [6.07, 6.45) is 4.57. The lowest BCUT2D eigenvalue weighted by Crippen LogP contribution is -2.35. The maximum atomic E-state index is 12.2. The molecule has 0 radical (unpaired) electrons. The third-order valence-corrected chi connectivity index (χ3v) is 4.85. The normalized spacial score (nSPS) is 22.6. The Morgan fingerprint density at radius 2 is 2.05 bits per heavy atom. The maximum Gasteiger partial charge on any atom is 0.252 e. The van der Waals surface area contributed by atoms with E-state index in [1.54, 1.807) is 0 Å². The first-order valence-electron chi connectivity index (χ1n) is 7.27. The second-order valence-electron chi connectivity index (χ2n) is 5.68. The summed E-state index contributed by atoms with van der Waals surface area (Å²) < 4.78 is 0.831. The van der Waals surface area contributed by atoms with Crippen molar-refractivity contribution in [1.82, 2.24) is 5.32 Å². The minimum atomic E-state index is -0.0425. The van der Waals surface area contributed by atoms with Crippen molar-refractivity contribution in [2.75, 3.05) is 13.2 Å². The standard InChI is InChI=1S/C16H22BrNO2/c1-11-6-7-14(15(17)8-11)16(20)18-9-12-4-2-3-5-13(12)10-19/h6-8,12-13,19H,2-5,9-10H2,1H3,(H,18,20). The van der Waals surface area contributed by atoms with Gasteiger partial charge in [-0.05, 0) is 65.2 Å². The van der Waals surface area contributed by atoms with E-state index in [0.29, 0.717) is 23.9 Å². The van der Waals surface area contributed by atoms with Crippen LogP contribution in [0.25, 0.3) is 0 Å². The van der Waals surface area contributed by atoms with Gasteiger partial charge in [0.05, 0.1) is 5.56 Å². The number of hydrogen-bond donors (Lipinski definition) is 2. The molecule has 2 unspecified atom stereocenters. The lowest BCUT2D eigenvalue weighted by atomic mass is 9.79. The monoisotopic (exact) mass is 339 g/mol. The first-order chi connectivity index (χ1) is 9.61. The van der Waals surface area contributed by atoms with Crippen molar-refractivity contribution in [2.24, 2.45) is 11.8 Å². The molecule has 1 aromatic rings. The van der Waals surface area contributed by atoms with Crippen molar-refractivity contribution in [3.05, 3.63) is 33.8 Å². The van der Waals surface area contributed by atoms with Crippen molar-refractivity contribution in [3.8, 4) is 0 Å². The highest BCUT2D eigenvalue weighted by Crippen LogP contribution is 2.29. The zero-order valence-corrected chi connectivity index (χ0v) is 13.4. The number of carbonyl (C=O) groups excluding carboxylic acids is 1. The third-order valence-electron chi connectivity index (χ3n) is 4.20. The van der Waals surface area contributed by atoms with Crippen molar-refractivity contribution in [1.29, 1.82) is 0 Å². The Bertz CT molecular complexity index is 476. The van der Waals surface area contributed by atoms with Crippen LogP contribution in [0.5, 0.6) is 0 Å². The molecule has 1 aromatic carbocycles. The number of aliphatic hydroxyl groups excluding tert-OH is 1. The van der Waals surface area contributed by atoms with E-state index in [1.165, 1.54) is 12.8 Å². The lowest BCUT2D eigenvalue weighted by Gasteiger charge is -2.30. The minimum Gasteiger partial charge on any atom is -0.396 e. The summed E-state index contributed by atoms with van der Waals surface area (Å²) in [6, 6.07) is 5.74. The van der Waals surface area contributed by atoms with Crippen LogP contribution in [0.4, 0.5) is 0 Å². The number of hydrogen-bond acceptors (Lipinski definition) is 2. The van der Waals surface area contributed by atoms with E-state index >= 15 is 0 Å². The van der Waals surface area contributed by atoms with E-state index in [9.17, 15) is 9.90 Å². The second-order valence-corrected chi connectivity index (χ2v) is 6.53. The molecule has 0 bridgehead atoms. The second kappa shape index (κ2) is 7.23. The van der Waals surface area contributed by atoms with Crippen molar-refractivity contribution >= 4 is 21.8 Å². The molecule has 2 N–H and O–H groups in total. The fraction of sp³-hybridized carbons (Fsp3) is 0.562. The number of carbonyl (C=O) groups is 1. The van der Waals surface area contributed by atoms with Crippen LogP contribution < -0.4 is 5.32 Å². The predicted octanol–water partition coefficient (Wildman–Crippen LogP) is 3.29. The van der Waals surface area contributed by atoms with Crippen LogP contribution in [0.2, 0.25) is 0 Å². The minimum absolute atomic E-state index is 0.0425. The van der Waals surface area contributed by atoms with Gasteiger partial charge in [0.15, 0.2) is 0 Å². The van der Waals surface area contributed by atoms with E-state index in [4.69, 9.17) is 0 Å². The molecule has 0 aliphatic heterocycles. The molecular formula is C16H22BrNO2. The van der Waals surface area contributed by atoms with E-state index in [2.05, 4.69) is 21.2 Å². The molecule has 4 heteroatoms. The molecule has 1 fully saturated rings. The van der Waals surface area contributed by atoms with Crippen LogP contribution in [0.3, 0.4) is 0 Å². The van der Waals surface area contributed by atoms with Crippen LogP contribution in [0.15, 0.2) is 22.7 Å². The summed E-state index contributed by atoms with van der Waals surface area (Å²) in [7, 11) is 0. The predicted molar refractivity (Wildman–Crippen MR) is 83.7 cm³/mol. The Balaban J connectivity index is 1.94. The Labute approximate surface area is 128 Å². The maximum absolute atomic E-state index is 12.2. The Morgan fingerprint density at radius 1 is 1.35 bits per heavy atom. The average molecular weight is 340 g/mol. The highest BCUT2D eigenvalue weighted by molar-refractivity contribution is 9.10. The smallest absolute Gasteiger partial charge is 0.252 e. The van der Waals surface area contributed by atoms with E-state index in [-0.39, 0.29) is 12.5 Å². The molecule has 110 valence electrons. The SMILES string of the molecule is Cc1ccc(C(=O)NCC2CCCCC2CO)c(Br)c1. The summed E-state index contributed by atoms with van der Waals surface area (Å²) in [4.78, 5) is 12.2. The number of aryl methyl sites for hydroxylation is 1. The first-order valence-corrected chi connectivity index (χ1v) is 8.06. The van der Waals surface area contributed by atoms with E-state index in [0.717, 1.165) is 22.9 Å². The first kappa shape index (κ1) is 15.5. The van der Waals surface area contributed by atoms with Gasteiger partial charge in [0.2, 0.25) is 0 Å². The van der Waals surface area contributed by atoms with Crippen molar-refractivity contribution < 1.29 is 9.90 Å². The summed E-state index contributed by atoms with van der Waals surface area (Å²) in [5.41, 5.74) is 1.80. The van der Waals surface area contributed by atoms with Gasteiger partial charge in [0.1, 0.15) is 0 Å². The number of amides is 1. The van der Waals surface area contributed by atoms with Crippen LogP contribution in [0.1, 0.15) is 41.6 Å². The van der Waals surface area contributed by atoms with Crippen LogP contribution >= 0.6 is 15.9 Å². The topological polar surface area (TPSA) is 49.3 Å². The molecule has 1 aliphatic carbocycles. The number of rotatable bonds is 4. The average Bonchev–Trinajstić information content (AvgIpc) is 2.45.